The van der Waals surface area contributed by atoms with Crippen LogP contribution in [0.15, 0.2) is 48.5 Å². The van der Waals surface area contributed by atoms with Crippen LogP contribution in [0.1, 0.15) is 68.9 Å². The Labute approximate surface area is 206 Å². The van der Waals surface area contributed by atoms with E-state index in [4.69, 9.17) is 9.84 Å². The zero-order valence-electron chi connectivity index (χ0n) is 20.2. The molecule has 2 aliphatic carbocycles. The van der Waals surface area contributed by atoms with E-state index in [1.54, 1.807) is 0 Å². The van der Waals surface area contributed by atoms with Crippen molar-refractivity contribution in [2.24, 2.45) is 5.92 Å². The molecule has 0 saturated heterocycles. The average Bonchev–Trinajstić information content (AvgIpc) is 3.17. The number of hydrogen-bond donors (Lipinski definition) is 3. The van der Waals surface area contributed by atoms with Gasteiger partial charge in [-0.1, -0.05) is 61.9 Å². The summed E-state index contributed by atoms with van der Waals surface area (Å²) in [7, 11) is 0. The second kappa shape index (κ2) is 11.4. The summed E-state index contributed by atoms with van der Waals surface area (Å²) in [5, 5.41) is 15.0. The van der Waals surface area contributed by atoms with Gasteiger partial charge in [-0.05, 0) is 54.4 Å². The van der Waals surface area contributed by atoms with Crippen LogP contribution in [-0.2, 0) is 14.3 Å². The highest BCUT2D eigenvalue weighted by molar-refractivity contribution is 5.80. The van der Waals surface area contributed by atoms with Crippen molar-refractivity contribution in [3.8, 4) is 11.1 Å². The van der Waals surface area contributed by atoms with Gasteiger partial charge in [0.1, 0.15) is 6.61 Å². The summed E-state index contributed by atoms with van der Waals surface area (Å²) < 4.78 is 5.64. The highest BCUT2D eigenvalue weighted by Gasteiger charge is 2.30. The highest BCUT2D eigenvalue weighted by Crippen LogP contribution is 2.44. The summed E-state index contributed by atoms with van der Waals surface area (Å²) in [4.78, 5) is 36.4. The van der Waals surface area contributed by atoms with Gasteiger partial charge < -0.3 is 20.5 Å². The maximum Gasteiger partial charge on any atom is 0.407 e. The van der Waals surface area contributed by atoms with Crippen LogP contribution in [0.4, 0.5) is 4.79 Å². The van der Waals surface area contributed by atoms with Gasteiger partial charge in [-0.15, -0.1) is 0 Å². The van der Waals surface area contributed by atoms with E-state index >= 15 is 0 Å². The van der Waals surface area contributed by atoms with Gasteiger partial charge in [0, 0.05) is 24.4 Å². The molecule has 0 aliphatic heterocycles. The molecule has 7 heteroatoms. The fourth-order valence-corrected chi connectivity index (χ4v) is 5.38. The molecule has 0 bridgehead atoms. The second-order valence-electron chi connectivity index (χ2n) is 9.61. The van der Waals surface area contributed by atoms with Gasteiger partial charge in [-0.3, -0.25) is 9.59 Å². The Balaban J connectivity index is 1.28. The summed E-state index contributed by atoms with van der Waals surface area (Å²) >= 11 is 0. The molecule has 1 saturated carbocycles. The summed E-state index contributed by atoms with van der Waals surface area (Å²) in [5.41, 5.74) is 4.66. The number of carbonyl (C=O) groups excluding carboxylic acids is 2. The van der Waals surface area contributed by atoms with E-state index in [1.807, 2.05) is 31.2 Å². The minimum Gasteiger partial charge on any atom is -0.481 e. The molecule has 0 heterocycles. The van der Waals surface area contributed by atoms with Gasteiger partial charge in [0.2, 0.25) is 5.91 Å². The van der Waals surface area contributed by atoms with Gasteiger partial charge >= 0.3 is 12.1 Å². The summed E-state index contributed by atoms with van der Waals surface area (Å²) in [6, 6.07) is 16.1. The van der Waals surface area contributed by atoms with E-state index in [2.05, 4.69) is 34.9 Å². The number of ether oxygens (including phenoxy) is 1. The number of nitrogens with one attached hydrogen (secondary N) is 2. The number of rotatable bonds is 9. The Morgan fingerprint density at radius 1 is 0.971 bits per heavy atom. The Hall–Kier alpha value is -3.35. The fourth-order valence-electron chi connectivity index (χ4n) is 5.38. The van der Waals surface area contributed by atoms with E-state index in [-0.39, 0.29) is 42.9 Å². The molecule has 35 heavy (non-hydrogen) atoms. The number of hydrogen-bond acceptors (Lipinski definition) is 4. The number of carbonyl (C=O) groups is 3. The van der Waals surface area contributed by atoms with Crippen molar-refractivity contribution < 1.29 is 24.2 Å². The second-order valence-corrected chi connectivity index (χ2v) is 9.61. The molecule has 2 aliphatic rings. The lowest BCUT2D eigenvalue weighted by Crippen LogP contribution is -2.43. The average molecular weight is 479 g/mol. The number of carboxylic acids is 1. The lowest BCUT2D eigenvalue weighted by atomic mass is 9.86. The number of fused-ring (bicyclic) bond motifs is 3. The van der Waals surface area contributed by atoms with Crippen molar-refractivity contribution in [2.45, 2.75) is 69.9 Å². The minimum atomic E-state index is -0.759. The SMILES string of the molecule is CCC[C@@H](CC(=O)NC1CCC(C(=O)O)CC1)NC(=O)OCC1c2ccccc2-c2ccccc21. The molecule has 0 spiro atoms. The number of carboxylic acid groups (broad SMARTS) is 1. The lowest BCUT2D eigenvalue weighted by molar-refractivity contribution is -0.142. The topological polar surface area (TPSA) is 105 Å². The van der Waals surface area contributed by atoms with Crippen LogP contribution < -0.4 is 10.6 Å². The zero-order chi connectivity index (χ0) is 24.8. The maximum atomic E-state index is 12.7. The van der Waals surface area contributed by atoms with Crippen LogP contribution in [0.2, 0.25) is 0 Å². The van der Waals surface area contributed by atoms with E-state index in [0.29, 0.717) is 32.1 Å². The van der Waals surface area contributed by atoms with E-state index in [9.17, 15) is 14.4 Å². The molecule has 1 fully saturated rings. The normalized spacial score (nSPS) is 19.8. The summed E-state index contributed by atoms with van der Waals surface area (Å²) in [6.45, 7) is 2.25. The predicted octanol–water partition coefficient (Wildman–Crippen LogP) is 4.84. The Morgan fingerprint density at radius 2 is 1.57 bits per heavy atom. The van der Waals surface area contributed by atoms with Crippen LogP contribution in [0.5, 0.6) is 0 Å². The Bertz CT molecular complexity index is 1020. The predicted molar refractivity (Wildman–Crippen MR) is 133 cm³/mol. The molecule has 4 rings (SSSR count). The minimum absolute atomic E-state index is 0.00479. The number of aliphatic carboxylic acids is 1. The van der Waals surface area contributed by atoms with Crippen molar-refractivity contribution in [1.29, 1.82) is 0 Å². The van der Waals surface area contributed by atoms with Crippen molar-refractivity contribution >= 4 is 18.0 Å². The highest BCUT2D eigenvalue weighted by atomic mass is 16.5. The van der Waals surface area contributed by atoms with E-state index in [1.165, 1.54) is 11.1 Å². The Kier molecular flexibility index (Phi) is 8.06. The third kappa shape index (κ3) is 6.02. The van der Waals surface area contributed by atoms with Crippen molar-refractivity contribution in [1.82, 2.24) is 10.6 Å². The molecule has 186 valence electrons. The molecule has 1 atom stereocenters. The van der Waals surface area contributed by atoms with Crippen molar-refractivity contribution in [2.75, 3.05) is 6.61 Å². The number of benzene rings is 2. The molecule has 2 amide bonds. The first-order valence-corrected chi connectivity index (χ1v) is 12.6. The Morgan fingerprint density at radius 3 is 2.14 bits per heavy atom. The zero-order valence-corrected chi connectivity index (χ0v) is 20.2. The first-order chi connectivity index (χ1) is 17.0. The largest absolute Gasteiger partial charge is 0.481 e. The lowest BCUT2D eigenvalue weighted by Gasteiger charge is -2.27. The molecule has 2 aromatic rings. The van der Waals surface area contributed by atoms with Crippen LogP contribution in [0.3, 0.4) is 0 Å². The van der Waals surface area contributed by atoms with E-state index < -0.39 is 12.1 Å². The van der Waals surface area contributed by atoms with Gasteiger partial charge in [-0.25, -0.2) is 4.79 Å². The molecular weight excluding hydrogens is 444 g/mol. The maximum absolute atomic E-state index is 12.7. The van der Waals surface area contributed by atoms with Crippen molar-refractivity contribution in [3.05, 3.63) is 59.7 Å². The van der Waals surface area contributed by atoms with Crippen molar-refractivity contribution in [3.63, 3.8) is 0 Å². The molecule has 3 N–H and O–H groups in total. The number of amides is 2. The first kappa shape index (κ1) is 24.8. The van der Waals surface area contributed by atoms with Gasteiger partial charge in [-0.2, -0.15) is 0 Å². The summed E-state index contributed by atoms with van der Waals surface area (Å²) in [5.74, 6) is -1.21. The fraction of sp³-hybridized carbons (Fsp3) is 0.464. The van der Waals surface area contributed by atoms with Gasteiger partial charge in [0.05, 0.1) is 5.92 Å². The molecule has 0 radical (unpaired) electrons. The molecule has 7 nitrogen and oxygen atoms in total. The number of alkyl carbamates (subject to hydrolysis) is 1. The first-order valence-electron chi connectivity index (χ1n) is 12.6. The third-order valence-electron chi connectivity index (χ3n) is 7.18. The molecule has 0 aromatic heterocycles. The monoisotopic (exact) mass is 478 g/mol. The molecular formula is C28H34N2O5. The smallest absolute Gasteiger partial charge is 0.407 e. The van der Waals surface area contributed by atoms with Gasteiger partial charge in [0.25, 0.3) is 0 Å². The van der Waals surface area contributed by atoms with Crippen LogP contribution in [-0.4, -0.2) is 41.8 Å². The van der Waals surface area contributed by atoms with Crippen LogP contribution in [0, 0.1) is 5.92 Å². The quantitative estimate of drug-likeness (QED) is 0.478. The molecule has 0 unspecified atom stereocenters. The van der Waals surface area contributed by atoms with Gasteiger partial charge in [0.15, 0.2) is 0 Å². The summed E-state index contributed by atoms with van der Waals surface area (Å²) in [6.07, 6.45) is 3.65. The van der Waals surface area contributed by atoms with E-state index in [0.717, 1.165) is 17.5 Å². The van der Waals surface area contributed by atoms with Crippen LogP contribution in [0.25, 0.3) is 11.1 Å². The van der Waals surface area contributed by atoms with Crippen LogP contribution >= 0.6 is 0 Å². The molecule has 2 aromatic carbocycles. The standard InChI is InChI=1S/C28H34N2O5/c1-2-7-20(16-26(31)29-19-14-12-18(13-15-19)27(32)33)30-28(34)35-17-25-23-10-5-3-8-21(23)22-9-4-6-11-24(22)25/h3-6,8-11,18-20,25H,2,7,12-17H2,1H3,(H,29,31)(H,30,34)(H,32,33)/t18?,19?,20-/m0/s1. The third-order valence-corrected chi connectivity index (χ3v) is 7.18.